The minimum atomic E-state index is -0.418. The second-order valence-electron chi connectivity index (χ2n) is 3.23. The Bertz CT molecular complexity index is 376. The second kappa shape index (κ2) is 4.75. The van der Waals surface area contributed by atoms with Crippen LogP contribution in [0.1, 0.15) is 11.1 Å². The molecule has 0 unspecified atom stereocenters. The predicted molar refractivity (Wildman–Crippen MR) is 55.2 cm³/mol. The van der Waals surface area contributed by atoms with Crippen molar-refractivity contribution in [3.63, 3.8) is 0 Å². The SMILES string of the molecule is Cc1cc([N+](=O)[O-])c(C)cc1OCCO. The number of benzene rings is 1. The number of hydrogen-bond donors (Lipinski definition) is 1. The maximum absolute atomic E-state index is 10.6. The number of aliphatic hydroxyl groups excluding tert-OH is 1. The fourth-order valence-corrected chi connectivity index (χ4v) is 1.28. The van der Waals surface area contributed by atoms with E-state index in [0.717, 1.165) is 0 Å². The molecule has 0 heterocycles. The van der Waals surface area contributed by atoms with Gasteiger partial charge >= 0.3 is 0 Å². The Morgan fingerprint density at radius 3 is 2.60 bits per heavy atom. The Labute approximate surface area is 87.5 Å². The molecule has 1 aromatic carbocycles. The summed E-state index contributed by atoms with van der Waals surface area (Å²) >= 11 is 0. The first kappa shape index (κ1) is 11.5. The van der Waals surface area contributed by atoms with Gasteiger partial charge in [-0.2, -0.15) is 0 Å². The lowest BCUT2D eigenvalue weighted by molar-refractivity contribution is -0.385. The van der Waals surface area contributed by atoms with Gasteiger partial charge in [0.15, 0.2) is 0 Å². The standard InChI is InChI=1S/C10H13NO4/c1-7-6-10(15-4-3-12)8(2)5-9(7)11(13)14/h5-6,12H,3-4H2,1-2H3. The van der Waals surface area contributed by atoms with E-state index in [0.29, 0.717) is 16.9 Å². The maximum atomic E-state index is 10.6. The summed E-state index contributed by atoms with van der Waals surface area (Å²) in [5, 5.41) is 19.2. The summed E-state index contributed by atoms with van der Waals surface area (Å²) < 4.78 is 5.23. The predicted octanol–water partition coefficient (Wildman–Crippen LogP) is 1.58. The third-order valence-corrected chi connectivity index (χ3v) is 2.04. The Morgan fingerprint density at radius 2 is 2.07 bits per heavy atom. The van der Waals surface area contributed by atoms with E-state index in [2.05, 4.69) is 0 Å². The minimum absolute atomic E-state index is 0.0739. The highest BCUT2D eigenvalue weighted by molar-refractivity contribution is 5.49. The van der Waals surface area contributed by atoms with Crippen LogP contribution < -0.4 is 4.74 Å². The fraction of sp³-hybridized carbons (Fsp3) is 0.400. The summed E-state index contributed by atoms with van der Waals surface area (Å²) in [6.07, 6.45) is 0. The molecular weight excluding hydrogens is 198 g/mol. The lowest BCUT2D eigenvalue weighted by Gasteiger charge is -2.08. The van der Waals surface area contributed by atoms with Crippen LogP contribution in [0.25, 0.3) is 0 Å². The molecule has 0 saturated carbocycles. The molecule has 1 rings (SSSR count). The zero-order chi connectivity index (χ0) is 11.4. The molecule has 5 heteroatoms. The number of nitro groups is 1. The fourth-order valence-electron chi connectivity index (χ4n) is 1.28. The molecule has 0 bridgehead atoms. The lowest BCUT2D eigenvalue weighted by atomic mass is 10.1. The first-order valence-electron chi connectivity index (χ1n) is 4.55. The van der Waals surface area contributed by atoms with Gasteiger partial charge in [-0.1, -0.05) is 0 Å². The molecule has 0 atom stereocenters. The lowest BCUT2D eigenvalue weighted by Crippen LogP contribution is -2.03. The quantitative estimate of drug-likeness (QED) is 0.606. The number of hydrogen-bond acceptors (Lipinski definition) is 4. The van der Waals surface area contributed by atoms with Gasteiger partial charge < -0.3 is 9.84 Å². The average Bonchev–Trinajstić information content (AvgIpc) is 2.18. The van der Waals surface area contributed by atoms with E-state index in [9.17, 15) is 10.1 Å². The van der Waals surface area contributed by atoms with Crippen molar-refractivity contribution in [1.29, 1.82) is 0 Å². The van der Waals surface area contributed by atoms with E-state index in [1.165, 1.54) is 6.07 Å². The molecule has 15 heavy (non-hydrogen) atoms. The molecule has 1 aromatic rings. The normalized spacial score (nSPS) is 10.1. The second-order valence-corrected chi connectivity index (χ2v) is 3.23. The largest absolute Gasteiger partial charge is 0.491 e. The van der Waals surface area contributed by atoms with Crippen molar-refractivity contribution in [2.24, 2.45) is 0 Å². The monoisotopic (exact) mass is 211 g/mol. The van der Waals surface area contributed by atoms with Crippen molar-refractivity contribution in [1.82, 2.24) is 0 Å². The molecule has 0 amide bonds. The van der Waals surface area contributed by atoms with Gasteiger partial charge in [0, 0.05) is 11.6 Å². The summed E-state index contributed by atoms with van der Waals surface area (Å²) in [5.41, 5.74) is 1.34. The summed E-state index contributed by atoms with van der Waals surface area (Å²) in [6.45, 7) is 3.51. The van der Waals surface area contributed by atoms with Gasteiger partial charge in [0.1, 0.15) is 12.4 Å². The molecule has 1 N–H and O–H groups in total. The van der Waals surface area contributed by atoms with Crippen molar-refractivity contribution in [2.45, 2.75) is 13.8 Å². The van der Waals surface area contributed by atoms with Gasteiger partial charge in [0.2, 0.25) is 0 Å². The first-order valence-corrected chi connectivity index (χ1v) is 4.55. The molecule has 0 aliphatic heterocycles. The number of rotatable bonds is 4. The van der Waals surface area contributed by atoms with Crippen molar-refractivity contribution < 1.29 is 14.8 Å². The molecule has 0 radical (unpaired) electrons. The zero-order valence-electron chi connectivity index (χ0n) is 8.69. The van der Waals surface area contributed by atoms with Crippen LogP contribution in [0.5, 0.6) is 5.75 Å². The van der Waals surface area contributed by atoms with Crippen LogP contribution in [0, 0.1) is 24.0 Å². The van der Waals surface area contributed by atoms with E-state index in [1.54, 1.807) is 19.9 Å². The number of aliphatic hydroxyl groups is 1. The molecule has 0 saturated heterocycles. The number of nitrogens with zero attached hydrogens (tertiary/aromatic N) is 1. The Morgan fingerprint density at radius 1 is 1.40 bits per heavy atom. The molecule has 0 fully saturated rings. The van der Waals surface area contributed by atoms with Crippen molar-refractivity contribution in [2.75, 3.05) is 13.2 Å². The van der Waals surface area contributed by atoms with Gasteiger partial charge in [0.25, 0.3) is 5.69 Å². The molecule has 5 nitrogen and oxygen atoms in total. The average molecular weight is 211 g/mol. The minimum Gasteiger partial charge on any atom is -0.491 e. The van der Waals surface area contributed by atoms with Crippen LogP contribution in [0.2, 0.25) is 0 Å². The first-order chi connectivity index (χ1) is 7.06. The van der Waals surface area contributed by atoms with Crippen LogP contribution in [0.4, 0.5) is 5.69 Å². The van der Waals surface area contributed by atoms with Crippen molar-refractivity contribution in [3.8, 4) is 5.75 Å². The summed E-state index contributed by atoms with van der Waals surface area (Å²) in [7, 11) is 0. The van der Waals surface area contributed by atoms with E-state index in [1.807, 2.05) is 0 Å². The third kappa shape index (κ3) is 2.66. The van der Waals surface area contributed by atoms with E-state index in [4.69, 9.17) is 9.84 Å². The van der Waals surface area contributed by atoms with Crippen LogP contribution in [-0.4, -0.2) is 23.2 Å². The number of ether oxygens (including phenoxy) is 1. The van der Waals surface area contributed by atoms with E-state index < -0.39 is 4.92 Å². The molecule has 0 aliphatic carbocycles. The summed E-state index contributed by atoms with van der Waals surface area (Å²) in [6, 6.07) is 3.09. The highest BCUT2D eigenvalue weighted by Gasteiger charge is 2.13. The smallest absolute Gasteiger partial charge is 0.272 e. The zero-order valence-corrected chi connectivity index (χ0v) is 8.69. The Kier molecular flexibility index (Phi) is 3.62. The summed E-state index contributed by atoms with van der Waals surface area (Å²) in [4.78, 5) is 10.2. The molecule has 0 spiro atoms. The van der Waals surface area contributed by atoms with Crippen LogP contribution >= 0.6 is 0 Å². The van der Waals surface area contributed by atoms with Gasteiger partial charge in [0.05, 0.1) is 11.5 Å². The van der Waals surface area contributed by atoms with Gasteiger partial charge in [-0.25, -0.2) is 0 Å². The van der Waals surface area contributed by atoms with Crippen molar-refractivity contribution in [3.05, 3.63) is 33.4 Å². The molecular formula is C10H13NO4. The molecule has 82 valence electrons. The Hall–Kier alpha value is -1.62. The van der Waals surface area contributed by atoms with Gasteiger partial charge in [-0.15, -0.1) is 0 Å². The van der Waals surface area contributed by atoms with Crippen molar-refractivity contribution >= 4 is 5.69 Å². The van der Waals surface area contributed by atoms with Crippen LogP contribution in [-0.2, 0) is 0 Å². The summed E-state index contributed by atoms with van der Waals surface area (Å²) in [5.74, 6) is 0.576. The molecule has 0 aliphatic rings. The maximum Gasteiger partial charge on any atom is 0.272 e. The van der Waals surface area contributed by atoms with E-state index >= 15 is 0 Å². The van der Waals surface area contributed by atoms with Crippen LogP contribution in [0.3, 0.4) is 0 Å². The number of aryl methyl sites for hydroxylation is 2. The Balaban J connectivity index is 3.02. The topological polar surface area (TPSA) is 72.6 Å². The molecule has 0 aromatic heterocycles. The van der Waals surface area contributed by atoms with Crippen LogP contribution in [0.15, 0.2) is 12.1 Å². The third-order valence-electron chi connectivity index (χ3n) is 2.04. The van der Waals surface area contributed by atoms with Gasteiger partial charge in [-0.3, -0.25) is 10.1 Å². The highest BCUT2D eigenvalue weighted by Crippen LogP contribution is 2.27. The van der Waals surface area contributed by atoms with Gasteiger partial charge in [-0.05, 0) is 25.5 Å². The highest BCUT2D eigenvalue weighted by atomic mass is 16.6. The number of nitro benzene ring substituents is 1. The van der Waals surface area contributed by atoms with E-state index in [-0.39, 0.29) is 18.9 Å².